The molecule has 0 saturated carbocycles. The fourth-order valence-corrected chi connectivity index (χ4v) is 1.28. The lowest BCUT2D eigenvalue weighted by Gasteiger charge is -2.19. The maximum Gasteiger partial charge on any atom is 0.0675 e. The van der Waals surface area contributed by atoms with Crippen molar-refractivity contribution in [1.82, 2.24) is 21.3 Å². The summed E-state index contributed by atoms with van der Waals surface area (Å²) in [6.07, 6.45) is 0.175. The summed E-state index contributed by atoms with van der Waals surface area (Å²) in [6, 6.07) is 0. The summed E-state index contributed by atoms with van der Waals surface area (Å²) in [5.74, 6) is 0. The van der Waals surface area contributed by atoms with E-state index >= 15 is 0 Å². The van der Waals surface area contributed by atoms with Crippen molar-refractivity contribution >= 4 is 0 Å². The summed E-state index contributed by atoms with van der Waals surface area (Å²) < 4.78 is 0. The maximum absolute atomic E-state index is 5.46. The van der Waals surface area contributed by atoms with Crippen LogP contribution in [0.3, 0.4) is 0 Å². The molecule has 0 aliphatic carbocycles. The molecule has 0 aromatic carbocycles. The van der Waals surface area contributed by atoms with Gasteiger partial charge in [-0.3, -0.25) is 5.32 Å². The van der Waals surface area contributed by atoms with Gasteiger partial charge < -0.3 is 21.7 Å². The number of nitrogens with one attached hydrogen (secondary N) is 4. The first kappa shape index (κ1) is 10.9. The van der Waals surface area contributed by atoms with E-state index in [2.05, 4.69) is 21.3 Å². The normalized spacial score (nSPS) is 28.8. The number of hydrogen-bond donors (Lipinski definition) is 5. The molecule has 0 spiro atoms. The van der Waals surface area contributed by atoms with E-state index in [0.717, 1.165) is 45.8 Å². The molecule has 0 aromatic heterocycles. The predicted octanol–water partition coefficient (Wildman–Crippen LogP) is -2.36. The Balaban J connectivity index is 0.000000132. The number of nitrogens with two attached hydrogens (primary N) is 1. The van der Waals surface area contributed by atoms with Gasteiger partial charge in [-0.1, -0.05) is 0 Å². The van der Waals surface area contributed by atoms with E-state index in [9.17, 15) is 0 Å². The van der Waals surface area contributed by atoms with Crippen LogP contribution in [0.2, 0.25) is 0 Å². The van der Waals surface area contributed by atoms with Gasteiger partial charge in [-0.2, -0.15) is 0 Å². The lowest BCUT2D eigenvalue weighted by molar-refractivity contribution is 0.428. The Kier molecular flexibility index (Phi) is 6.05. The molecule has 1 atom stereocenters. The van der Waals surface area contributed by atoms with E-state index in [1.807, 2.05) is 0 Å². The van der Waals surface area contributed by atoms with Crippen molar-refractivity contribution in [2.24, 2.45) is 5.73 Å². The van der Waals surface area contributed by atoms with Gasteiger partial charge in [-0.25, -0.2) is 0 Å². The van der Waals surface area contributed by atoms with Crippen LogP contribution < -0.4 is 27.0 Å². The Morgan fingerprint density at radius 3 is 1.54 bits per heavy atom. The van der Waals surface area contributed by atoms with Crippen molar-refractivity contribution in [1.29, 1.82) is 0 Å². The van der Waals surface area contributed by atoms with E-state index in [-0.39, 0.29) is 6.17 Å². The maximum atomic E-state index is 5.46. The largest absolute Gasteiger partial charge is 0.315 e. The van der Waals surface area contributed by atoms with Crippen LogP contribution in [0.1, 0.15) is 0 Å². The van der Waals surface area contributed by atoms with E-state index in [1.165, 1.54) is 0 Å². The highest BCUT2D eigenvalue weighted by atomic mass is 15.1. The Labute approximate surface area is 79.8 Å². The molecule has 6 N–H and O–H groups in total. The summed E-state index contributed by atoms with van der Waals surface area (Å²) in [5.41, 5.74) is 5.46. The molecule has 2 rings (SSSR count). The Morgan fingerprint density at radius 2 is 1.31 bits per heavy atom. The topological polar surface area (TPSA) is 74.1 Å². The molecule has 78 valence electrons. The zero-order valence-electron chi connectivity index (χ0n) is 8.10. The highest BCUT2D eigenvalue weighted by Gasteiger charge is 2.03. The van der Waals surface area contributed by atoms with E-state index in [4.69, 9.17) is 5.73 Å². The molecule has 2 aliphatic heterocycles. The first-order valence-electron chi connectivity index (χ1n) is 5.01. The third kappa shape index (κ3) is 5.95. The van der Waals surface area contributed by atoms with Crippen molar-refractivity contribution in [2.75, 3.05) is 45.8 Å². The van der Waals surface area contributed by atoms with Gasteiger partial charge in [0.25, 0.3) is 0 Å². The summed E-state index contributed by atoms with van der Waals surface area (Å²) in [4.78, 5) is 0. The smallest absolute Gasteiger partial charge is 0.0675 e. The molecule has 5 heteroatoms. The second-order valence-electron chi connectivity index (χ2n) is 3.26. The molecular weight excluding hydrogens is 166 g/mol. The van der Waals surface area contributed by atoms with Crippen LogP contribution in [0.25, 0.3) is 0 Å². The summed E-state index contributed by atoms with van der Waals surface area (Å²) in [5, 5.41) is 12.7. The van der Waals surface area contributed by atoms with E-state index in [0.29, 0.717) is 0 Å². The van der Waals surface area contributed by atoms with Crippen molar-refractivity contribution in [3.05, 3.63) is 0 Å². The molecule has 2 aliphatic rings. The highest BCUT2D eigenvalue weighted by Crippen LogP contribution is 1.73. The molecular formula is C8H21N5. The monoisotopic (exact) mass is 187 g/mol. The fourth-order valence-electron chi connectivity index (χ4n) is 1.28. The molecule has 5 nitrogen and oxygen atoms in total. The first-order chi connectivity index (χ1) is 6.39. The average Bonchev–Trinajstić information content (AvgIpc) is 2.22. The van der Waals surface area contributed by atoms with Gasteiger partial charge in [-0.15, -0.1) is 0 Å². The van der Waals surface area contributed by atoms with Crippen LogP contribution in [0, 0.1) is 0 Å². The third-order valence-electron chi connectivity index (χ3n) is 2.03. The zero-order chi connectivity index (χ0) is 9.36. The molecule has 2 saturated heterocycles. The van der Waals surface area contributed by atoms with Gasteiger partial charge in [0.15, 0.2) is 0 Å². The quantitative estimate of drug-likeness (QED) is 0.293. The predicted molar refractivity (Wildman–Crippen MR) is 54.6 cm³/mol. The van der Waals surface area contributed by atoms with Crippen molar-refractivity contribution in [2.45, 2.75) is 6.17 Å². The summed E-state index contributed by atoms with van der Waals surface area (Å²) in [7, 11) is 0. The van der Waals surface area contributed by atoms with Crippen molar-refractivity contribution < 1.29 is 0 Å². The molecule has 0 amide bonds. The van der Waals surface area contributed by atoms with Crippen LogP contribution >= 0.6 is 0 Å². The summed E-state index contributed by atoms with van der Waals surface area (Å²) >= 11 is 0. The lowest BCUT2D eigenvalue weighted by atomic mass is 10.4. The van der Waals surface area contributed by atoms with Gasteiger partial charge >= 0.3 is 0 Å². The Hall–Kier alpha value is -0.200. The molecule has 2 fully saturated rings. The minimum Gasteiger partial charge on any atom is -0.315 e. The molecule has 2 heterocycles. The molecule has 1 unspecified atom stereocenters. The fraction of sp³-hybridized carbons (Fsp3) is 1.00. The Bertz CT molecular complexity index is 97.6. The van der Waals surface area contributed by atoms with Gasteiger partial charge in [0.1, 0.15) is 0 Å². The number of rotatable bonds is 0. The molecule has 13 heavy (non-hydrogen) atoms. The van der Waals surface area contributed by atoms with Gasteiger partial charge in [0, 0.05) is 45.8 Å². The Morgan fingerprint density at radius 1 is 0.769 bits per heavy atom. The lowest BCUT2D eigenvalue weighted by Crippen LogP contribution is -2.53. The standard InChI is InChI=1S/C4H11N3.C4H10N2/c5-4-3-6-1-2-7-4;1-2-6-4-3-5-1/h4,6-7H,1-3,5H2;5-6H,1-4H2. The van der Waals surface area contributed by atoms with E-state index in [1.54, 1.807) is 0 Å². The van der Waals surface area contributed by atoms with Crippen LogP contribution in [-0.4, -0.2) is 52.0 Å². The van der Waals surface area contributed by atoms with Gasteiger partial charge in [-0.05, 0) is 0 Å². The highest BCUT2D eigenvalue weighted by molar-refractivity contribution is 4.68. The molecule has 0 radical (unpaired) electrons. The summed E-state index contributed by atoms with van der Waals surface area (Å²) in [6.45, 7) is 7.51. The molecule has 0 bridgehead atoms. The second kappa shape index (κ2) is 7.23. The van der Waals surface area contributed by atoms with Crippen molar-refractivity contribution in [3.63, 3.8) is 0 Å². The van der Waals surface area contributed by atoms with Crippen LogP contribution in [-0.2, 0) is 0 Å². The van der Waals surface area contributed by atoms with Crippen LogP contribution in [0.5, 0.6) is 0 Å². The van der Waals surface area contributed by atoms with Crippen LogP contribution in [0.15, 0.2) is 0 Å². The third-order valence-corrected chi connectivity index (χ3v) is 2.03. The minimum atomic E-state index is 0.175. The molecule has 0 aromatic rings. The van der Waals surface area contributed by atoms with Crippen molar-refractivity contribution in [3.8, 4) is 0 Å². The van der Waals surface area contributed by atoms with Gasteiger partial charge in [0.2, 0.25) is 0 Å². The number of hydrogen-bond acceptors (Lipinski definition) is 5. The second-order valence-corrected chi connectivity index (χ2v) is 3.26. The van der Waals surface area contributed by atoms with Gasteiger partial charge in [0.05, 0.1) is 6.17 Å². The SMILES string of the molecule is C1CNCCN1.NC1CNCCN1. The van der Waals surface area contributed by atoms with E-state index < -0.39 is 0 Å². The first-order valence-corrected chi connectivity index (χ1v) is 5.01. The minimum absolute atomic E-state index is 0.175. The average molecular weight is 187 g/mol. The zero-order valence-corrected chi connectivity index (χ0v) is 8.10. The number of piperazine rings is 2. The van der Waals surface area contributed by atoms with Crippen LogP contribution in [0.4, 0.5) is 0 Å².